The molecule has 5 heteroatoms. The summed E-state index contributed by atoms with van der Waals surface area (Å²) in [5.74, 6) is 6.08. The number of guanidine groups is 1. The molecule has 1 fully saturated rings. The van der Waals surface area contributed by atoms with Crippen LogP contribution in [0.15, 0.2) is 4.99 Å². The molecule has 1 atom stereocenters. The second-order valence-electron chi connectivity index (χ2n) is 4.04. The van der Waals surface area contributed by atoms with Gasteiger partial charge in [-0.25, -0.2) is 5.84 Å². The zero-order valence-electron chi connectivity index (χ0n) is 9.79. The number of hydrogen-bond donors (Lipinski definition) is 3. The molecule has 1 aliphatic rings. The minimum atomic E-state index is 0.580. The summed E-state index contributed by atoms with van der Waals surface area (Å²) in [7, 11) is 2.15. The van der Waals surface area contributed by atoms with Gasteiger partial charge in [0.05, 0.1) is 6.54 Å². The van der Waals surface area contributed by atoms with Gasteiger partial charge >= 0.3 is 0 Å². The van der Waals surface area contributed by atoms with Crippen LogP contribution in [0.2, 0.25) is 0 Å². The number of rotatable bonds is 4. The van der Waals surface area contributed by atoms with Crippen molar-refractivity contribution in [1.29, 1.82) is 0 Å². The average Bonchev–Trinajstić information content (AvgIpc) is 2.65. The Labute approximate surface area is 92.1 Å². The predicted molar refractivity (Wildman–Crippen MR) is 63.6 cm³/mol. The number of likely N-dealkylation sites (tertiary alicyclic amines) is 1. The standard InChI is InChI=1S/C10H23N5/c1-3-6-12-10(14-11)13-8-9-5-4-7-15(9)2/h9H,3-8,11H2,1-2H3,(H2,12,13,14). The van der Waals surface area contributed by atoms with Crippen molar-refractivity contribution in [2.75, 3.05) is 26.7 Å². The molecule has 0 aromatic rings. The van der Waals surface area contributed by atoms with Crippen molar-refractivity contribution in [3.05, 3.63) is 0 Å². The second-order valence-corrected chi connectivity index (χ2v) is 4.04. The fourth-order valence-electron chi connectivity index (χ4n) is 1.80. The highest BCUT2D eigenvalue weighted by Gasteiger charge is 2.20. The molecule has 0 aliphatic carbocycles. The lowest BCUT2D eigenvalue weighted by Gasteiger charge is -2.17. The lowest BCUT2D eigenvalue weighted by Crippen LogP contribution is -2.42. The van der Waals surface area contributed by atoms with Crippen LogP contribution in [0.3, 0.4) is 0 Å². The molecule has 0 radical (unpaired) electrons. The Kier molecular flexibility index (Phi) is 5.42. The van der Waals surface area contributed by atoms with Gasteiger partial charge in [-0.15, -0.1) is 0 Å². The van der Waals surface area contributed by atoms with Crippen LogP contribution < -0.4 is 16.6 Å². The molecule has 0 aromatic carbocycles. The molecule has 15 heavy (non-hydrogen) atoms. The van der Waals surface area contributed by atoms with Crippen molar-refractivity contribution >= 4 is 5.96 Å². The van der Waals surface area contributed by atoms with Crippen LogP contribution in [-0.4, -0.2) is 43.6 Å². The summed E-state index contributed by atoms with van der Waals surface area (Å²) in [5, 5.41) is 3.15. The van der Waals surface area contributed by atoms with E-state index >= 15 is 0 Å². The third-order valence-corrected chi connectivity index (χ3v) is 2.81. The Balaban J connectivity index is 2.32. The molecule has 1 heterocycles. The van der Waals surface area contributed by atoms with E-state index in [4.69, 9.17) is 5.84 Å². The van der Waals surface area contributed by atoms with Crippen molar-refractivity contribution in [2.45, 2.75) is 32.2 Å². The molecule has 4 N–H and O–H groups in total. The highest BCUT2D eigenvalue weighted by Crippen LogP contribution is 2.14. The van der Waals surface area contributed by atoms with E-state index in [1.165, 1.54) is 19.4 Å². The van der Waals surface area contributed by atoms with E-state index in [9.17, 15) is 0 Å². The number of hydrogen-bond acceptors (Lipinski definition) is 3. The Bertz CT molecular complexity index is 204. The maximum absolute atomic E-state index is 5.38. The number of likely N-dealkylation sites (N-methyl/N-ethyl adjacent to an activating group) is 1. The number of nitrogens with zero attached hydrogens (tertiary/aromatic N) is 2. The van der Waals surface area contributed by atoms with E-state index in [0.717, 1.165) is 19.5 Å². The molecular formula is C10H23N5. The summed E-state index contributed by atoms with van der Waals surface area (Å²) in [5.41, 5.74) is 2.60. The minimum Gasteiger partial charge on any atom is -0.355 e. The van der Waals surface area contributed by atoms with Gasteiger partial charge in [-0.3, -0.25) is 10.4 Å². The summed E-state index contributed by atoms with van der Waals surface area (Å²) in [6.45, 7) is 5.04. The Morgan fingerprint density at radius 2 is 2.40 bits per heavy atom. The SMILES string of the molecule is CCCNC(=NCC1CCCN1C)NN. The fourth-order valence-corrected chi connectivity index (χ4v) is 1.80. The van der Waals surface area contributed by atoms with Gasteiger partial charge in [0.1, 0.15) is 0 Å². The zero-order valence-corrected chi connectivity index (χ0v) is 9.79. The second kappa shape index (κ2) is 6.63. The van der Waals surface area contributed by atoms with E-state index in [-0.39, 0.29) is 0 Å². The van der Waals surface area contributed by atoms with Gasteiger partial charge in [-0.2, -0.15) is 0 Å². The highest BCUT2D eigenvalue weighted by molar-refractivity contribution is 5.79. The molecule has 1 rings (SSSR count). The first-order chi connectivity index (χ1) is 7.27. The maximum atomic E-state index is 5.38. The summed E-state index contributed by atoms with van der Waals surface area (Å²) in [6.07, 6.45) is 3.60. The number of nitrogens with one attached hydrogen (secondary N) is 2. The topological polar surface area (TPSA) is 65.7 Å². The van der Waals surface area contributed by atoms with E-state index < -0.39 is 0 Å². The largest absolute Gasteiger partial charge is 0.355 e. The molecule has 0 amide bonds. The van der Waals surface area contributed by atoms with Gasteiger partial charge in [0.15, 0.2) is 0 Å². The molecular weight excluding hydrogens is 190 g/mol. The molecule has 0 bridgehead atoms. The summed E-state index contributed by atoms with van der Waals surface area (Å²) in [6, 6.07) is 0.580. The van der Waals surface area contributed by atoms with E-state index in [1.807, 2.05) is 0 Å². The van der Waals surface area contributed by atoms with Crippen molar-refractivity contribution in [2.24, 2.45) is 10.8 Å². The van der Waals surface area contributed by atoms with E-state index in [2.05, 4.69) is 34.6 Å². The molecule has 88 valence electrons. The van der Waals surface area contributed by atoms with Gasteiger partial charge in [0.25, 0.3) is 0 Å². The average molecular weight is 213 g/mol. The summed E-state index contributed by atoms with van der Waals surface area (Å²) < 4.78 is 0. The van der Waals surface area contributed by atoms with E-state index in [1.54, 1.807) is 0 Å². The van der Waals surface area contributed by atoms with Crippen LogP contribution in [0.1, 0.15) is 26.2 Å². The molecule has 0 aromatic heterocycles. The number of nitrogens with two attached hydrogens (primary N) is 1. The summed E-state index contributed by atoms with van der Waals surface area (Å²) >= 11 is 0. The Morgan fingerprint density at radius 3 is 2.93 bits per heavy atom. The van der Waals surface area contributed by atoms with Crippen molar-refractivity contribution in [3.8, 4) is 0 Å². The normalized spacial score (nSPS) is 23.1. The lowest BCUT2D eigenvalue weighted by atomic mass is 10.2. The van der Waals surface area contributed by atoms with Gasteiger partial charge in [0.2, 0.25) is 5.96 Å². The Morgan fingerprint density at radius 1 is 1.60 bits per heavy atom. The molecule has 1 aliphatic heterocycles. The van der Waals surface area contributed by atoms with Crippen LogP contribution >= 0.6 is 0 Å². The number of aliphatic imine (C=N–C) groups is 1. The first-order valence-corrected chi connectivity index (χ1v) is 5.73. The quantitative estimate of drug-likeness (QED) is 0.264. The van der Waals surface area contributed by atoms with Crippen LogP contribution in [0.5, 0.6) is 0 Å². The predicted octanol–water partition coefficient (Wildman–Crippen LogP) is -0.100. The van der Waals surface area contributed by atoms with Crippen molar-refractivity contribution < 1.29 is 0 Å². The maximum Gasteiger partial charge on any atom is 0.205 e. The molecule has 0 spiro atoms. The van der Waals surface area contributed by atoms with Crippen LogP contribution in [0.4, 0.5) is 0 Å². The van der Waals surface area contributed by atoms with Crippen LogP contribution in [-0.2, 0) is 0 Å². The van der Waals surface area contributed by atoms with Gasteiger partial charge < -0.3 is 10.2 Å². The molecule has 5 nitrogen and oxygen atoms in total. The molecule has 0 saturated carbocycles. The molecule has 1 saturated heterocycles. The zero-order chi connectivity index (χ0) is 11.1. The highest BCUT2D eigenvalue weighted by atomic mass is 15.3. The van der Waals surface area contributed by atoms with Gasteiger partial charge in [-0.1, -0.05) is 6.92 Å². The summed E-state index contributed by atoms with van der Waals surface area (Å²) in [4.78, 5) is 6.80. The van der Waals surface area contributed by atoms with Gasteiger partial charge in [-0.05, 0) is 32.9 Å². The van der Waals surface area contributed by atoms with Crippen LogP contribution in [0, 0.1) is 0 Å². The third kappa shape index (κ3) is 4.05. The minimum absolute atomic E-state index is 0.580. The van der Waals surface area contributed by atoms with Crippen LogP contribution in [0.25, 0.3) is 0 Å². The number of hydrazine groups is 1. The van der Waals surface area contributed by atoms with Gasteiger partial charge in [0, 0.05) is 12.6 Å². The lowest BCUT2D eigenvalue weighted by molar-refractivity contribution is 0.317. The Hall–Kier alpha value is -0.810. The first-order valence-electron chi connectivity index (χ1n) is 5.73. The van der Waals surface area contributed by atoms with E-state index in [0.29, 0.717) is 12.0 Å². The molecule has 1 unspecified atom stereocenters. The fraction of sp³-hybridized carbons (Fsp3) is 0.900. The monoisotopic (exact) mass is 213 g/mol. The van der Waals surface area contributed by atoms with Crippen molar-refractivity contribution in [3.63, 3.8) is 0 Å². The third-order valence-electron chi connectivity index (χ3n) is 2.81. The smallest absolute Gasteiger partial charge is 0.205 e. The van der Waals surface area contributed by atoms with Crippen molar-refractivity contribution in [1.82, 2.24) is 15.6 Å². The first kappa shape index (κ1) is 12.3.